The molecule has 4 nitrogen and oxygen atoms in total. The molecular formula is C6H7N3O. The van der Waals surface area contributed by atoms with Gasteiger partial charge in [-0.05, 0) is 6.92 Å². The molecule has 0 saturated carbocycles. The lowest BCUT2D eigenvalue weighted by molar-refractivity contribution is 0.378. The lowest BCUT2D eigenvalue weighted by atomic mass is 10.2. The van der Waals surface area contributed by atoms with Crippen molar-refractivity contribution in [2.45, 2.75) is 13.0 Å². The number of aliphatic hydroxyl groups is 1. The summed E-state index contributed by atoms with van der Waals surface area (Å²) in [6.07, 6.45) is 0. The van der Waals surface area contributed by atoms with Crippen LogP contribution in [-0.2, 0) is 0 Å². The van der Waals surface area contributed by atoms with Gasteiger partial charge in [-0.25, -0.2) is 0 Å². The van der Waals surface area contributed by atoms with Crippen LogP contribution in [0.15, 0.2) is 16.3 Å². The molecule has 0 spiro atoms. The molecule has 0 fully saturated rings. The Morgan fingerprint density at radius 1 is 1.80 bits per heavy atom. The van der Waals surface area contributed by atoms with Gasteiger partial charge in [-0.3, -0.25) is 4.99 Å². The molecule has 0 saturated heterocycles. The first kappa shape index (κ1) is 6.62. The molecule has 1 aliphatic rings. The highest BCUT2D eigenvalue weighted by molar-refractivity contribution is 6.03. The van der Waals surface area contributed by atoms with E-state index in [1.54, 1.807) is 13.0 Å². The van der Waals surface area contributed by atoms with Crippen molar-refractivity contribution >= 4 is 5.84 Å². The molecule has 0 bridgehead atoms. The fraction of sp³-hybridized carbons (Fsp3) is 0.333. The smallest absolute Gasteiger partial charge is 0.140 e. The van der Waals surface area contributed by atoms with Crippen molar-refractivity contribution < 1.29 is 5.11 Å². The van der Waals surface area contributed by atoms with Crippen LogP contribution < -0.4 is 5.73 Å². The Balaban J connectivity index is 3.09. The highest BCUT2D eigenvalue weighted by Gasteiger charge is 2.22. The van der Waals surface area contributed by atoms with Crippen molar-refractivity contribution in [2.24, 2.45) is 10.7 Å². The molecule has 1 aliphatic heterocycles. The minimum Gasteiger partial charge on any atom is -0.509 e. The van der Waals surface area contributed by atoms with Crippen LogP contribution in [-0.4, -0.2) is 17.0 Å². The zero-order valence-corrected chi connectivity index (χ0v) is 5.50. The molecule has 0 aromatic heterocycles. The van der Waals surface area contributed by atoms with Crippen LogP contribution in [0.2, 0.25) is 0 Å². The van der Waals surface area contributed by atoms with E-state index in [4.69, 9.17) is 16.1 Å². The average Bonchev–Trinajstić information content (AvgIpc) is 2.09. The lowest BCUT2D eigenvalue weighted by Gasteiger charge is -1.95. The summed E-state index contributed by atoms with van der Waals surface area (Å²) in [6, 6.07) is 1.42. The number of hydrogen-bond acceptors (Lipinski definition) is 4. The number of rotatable bonds is 0. The third-order valence-corrected chi connectivity index (χ3v) is 1.35. The van der Waals surface area contributed by atoms with E-state index in [0.717, 1.165) is 0 Å². The van der Waals surface area contributed by atoms with E-state index in [1.165, 1.54) is 0 Å². The molecule has 0 amide bonds. The highest BCUT2D eigenvalue weighted by atomic mass is 16.3. The maximum atomic E-state index is 9.09. The van der Waals surface area contributed by atoms with Crippen LogP contribution in [0.25, 0.3) is 0 Å². The highest BCUT2D eigenvalue weighted by Crippen LogP contribution is 2.15. The van der Waals surface area contributed by atoms with E-state index in [-0.39, 0.29) is 23.2 Å². The Labute approximate surface area is 58.3 Å². The second kappa shape index (κ2) is 2.03. The predicted octanol–water partition coefficient (Wildman–Crippen LogP) is 0.0814. The van der Waals surface area contributed by atoms with Gasteiger partial charge in [0.05, 0.1) is 0 Å². The van der Waals surface area contributed by atoms with Gasteiger partial charge in [0, 0.05) is 0 Å². The summed E-state index contributed by atoms with van der Waals surface area (Å²) in [6.45, 7) is 1.67. The third-order valence-electron chi connectivity index (χ3n) is 1.35. The molecule has 0 aromatic rings. The van der Waals surface area contributed by atoms with Crippen molar-refractivity contribution in [2.75, 3.05) is 0 Å². The summed E-state index contributed by atoms with van der Waals surface area (Å²) < 4.78 is 0. The molecule has 52 valence electrons. The SMILES string of the molecule is C[C@@H]1N=C(N)C(C#N)=C1O. The Morgan fingerprint density at radius 2 is 2.40 bits per heavy atom. The van der Waals surface area contributed by atoms with E-state index < -0.39 is 0 Å². The maximum Gasteiger partial charge on any atom is 0.140 e. The first-order chi connectivity index (χ1) is 4.66. The van der Waals surface area contributed by atoms with E-state index in [0.29, 0.717) is 0 Å². The maximum absolute atomic E-state index is 9.09. The van der Waals surface area contributed by atoms with Crippen molar-refractivity contribution in [1.82, 2.24) is 0 Å². The fourth-order valence-electron chi connectivity index (χ4n) is 0.789. The first-order valence-electron chi connectivity index (χ1n) is 2.83. The molecule has 0 aliphatic carbocycles. The second-order valence-corrected chi connectivity index (χ2v) is 2.06. The molecular weight excluding hydrogens is 130 g/mol. The van der Waals surface area contributed by atoms with Gasteiger partial charge in [0.2, 0.25) is 0 Å². The van der Waals surface area contributed by atoms with Crippen molar-refractivity contribution in [3.8, 4) is 6.07 Å². The number of amidine groups is 1. The molecule has 3 N–H and O–H groups in total. The minimum absolute atomic E-state index is 0.0278. The van der Waals surface area contributed by atoms with Crippen LogP contribution >= 0.6 is 0 Å². The molecule has 4 heteroatoms. The zero-order valence-electron chi connectivity index (χ0n) is 5.50. The molecule has 10 heavy (non-hydrogen) atoms. The van der Waals surface area contributed by atoms with Gasteiger partial charge in [-0.15, -0.1) is 0 Å². The van der Waals surface area contributed by atoms with Crippen LogP contribution in [0, 0.1) is 11.3 Å². The molecule has 0 unspecified atom stereocenters. The fourth-order valence-corrected chi connectivity index (χ4v) is 0.789. The Morgan fingerprint density at radius 3 is 2.60 bits per heavy atom. The van der Waals surface area contributed by atoms with E-state index >= 15 is 0 Å². The first-order valence-corrected chi connectivity index (χ1v) is 2.83. The number of nitrogens with two attached hydrogens (primary N) is 1. The van der Waals surface area contributed by atoms with E-state index in [1.807, 2.05) is 0 Å². The standard InChI is InChI=1S/C6H7N3O/c1-3-5(10)4(2-7)6(8)9-3/h3,10H,1H3,(H2,8,9)/t3-/m0/s1. The molecule has 1 rings (SSSR count). The Bertz CT molecular complexity index is 259. The van der Waals surface area contributed by atoms with Crippen LogP contribution in [0.4, 0.5) is 0 Å². The average molecular weight is 137 g/mol. The van der Waals surface area contributed by atoms with E-state index in [9.17, 15) is 0 Å². The van der Waals surface area contributed by atoms with Crippen LogP contribution in [0.3, 0.4) is 0 Å². The molecule has 0 aromatic carbocycles. The normalized spacial score (nSPS) is 24.4. The van der Waals surface area contributed by atoms with Crippen LogP contribution in [0.5, 0.6) is 0 Å². The lowest BCUT2D eigenvalue weighted by Crippen LogP contribution is -2.10. The number of nitriles is 1. The van der Waals surface area contributed by atoms with Gasteiger partial charge in [-0.2, -0.15) is 5.26 Å². The number of aliphatic imine (C=N–C) groups is 1. The van der Waals surface area contributed by atoms with Gasteiger partial charge in [0.1, 0.15) is 29.3 Å². The summed E-state index contributed by atoms with van der Waals surface area (Å²) in [5.74, 6) is 0.104. The molecule has 0 radical (unpaired) electrons. The number of nitrogens with zero attached hydrogens (tertiary/aromatic N) is 2. The number of hydrogen-bond donors (Lipinski definition) is 2. The molecule has 1 heterocycles. The largest absolute Gasteiger partial charge is 0.509 e. The number of aliphatic hydroxyl groups excluding tert-OH is 1. The summed E-state index contributed by atoms with van der Waals surface area (Å²) >= 11 is 0. The predicted molar refractivity (Wildman–Crippen MR) is 36.4 cm³/mol. The van der Waals surface area contributed by atoms with Gasteiger partial charge < -0.3 is 10.8 Å². The Hall–Kier alpha value is -1.50. The van der Waals surface area contributed by atoms with Gasteiger partial charge in [0.25, 0.3) is 0 Å². The van der Waals surface area contributed by atoms with E-state index in [2.05, 4.69) is 4.99 Å². The summed E-state index contributed by atoms with van der Waals surface area (Å²) in [5.41, 5.74) is 5.38. The third kappa shape index (κ3) is 0.722. The van der Waals surface area contributed by atoms with Crippen LogP contribution in [0.1, 0.15) is 6.92 Å². The van der Waals surface area contributed by atoms with Gasteiger partial charge in [0.15, 0.2) is 0 Å². The van der Waals surface area contributed by atoms with Crippen molar-refractivity contribution in [3.05, 3.63) is 11.3 Å². The van der Waals surface area contributed by atoms with Crippen molar-refractivity contribution in [3.63, 3.8) is 0 Å². The molecule has 1 atom stereocenters. The van der Waals surface area contributed by atoms with Gasteiger partial charge in [-0.1, -0.05) is 0 Å². The summed E-state index contributed by atoms with van der Waals surface area (Å²) in [4.78, 5) is 3.77. The zero-order chi connectivity index (χ0) is 7.72. The second-order valence-electron chi connectivity index (χ2n) is 2.06. The quantitative estimate of drug-likeness (QED) is 0.496. The Kier molecular flexibility index (Phi) is 1.34. The van der Waals surface area contributed by atoms with Crippen molar-refractivity contribution in [1.29, 1.82) is 5.26 Å². The summed E-state index contributed by atoms with van der Waals surface area (Å²) in [7, 11) is 0. The van der Waals surface area contributed by atoms with Gasteiger partial charge >= 0.3 is 0 Å². The minimum atomic E-state index is -0.352. The topological polar surface area (TPSA) is 82.4 Å². The summed E-state index contributed by atoms with van der Waals surface area (Å²) in [5, 5.41) is 17.5. The monoisotopic (exact) mass is 137 g/mol.